The first-order chi connectivity index (χ1) is 15.3. The molecule has 0 saturated carbocycles. The molecule has 2 N–H and O–H groups in total. The molecule has 4 heterocycles. The van der Waals surface area contributed by atoms with Crippen molar-refractivity contribution in [1.82, 2.24) is 24.8 Å². The van der Waals surface area contributed by atoms with Crippen molar-refractivity contribution < 1.29 is 19.0 Å². The van der Waals surface area contributed by atoms with Gasteiger partial charge in [-0.3, -0.25) is 4.79 Å². The molecule has 3 aromatic rings. The van der Waals surface area contributed by atoms with Crippen LogP contribution in [0.5, 0.6) is 5.75 Å². The monoisotopic (exact) mass is 459 g/mol. The number of β-amino-alcohol motifs (C(OH)–C–C–N with tert-alkyl or cyclic N) is 1. The summed E-state index contributed by atoms with van der Waals surface area (Å²) >= 11 is 6.30. The van der Waals surface area contributed by atoms with Crippen molar-refractivity contribution in [2.45, 2.75) is 45.6 Å². The SMILES string of the molecule is Cc1nc2c3c(nn2c(C)c1Cl)CN(C(=O)c1ccc(F)cc1O[C@@H]1CCNCC1O)C3. The molecule has 0 bridgehead atoms. The maximum atomic E-state index is 14.0. The number of halogens is 2. The van der Waals surface area contributed by atoms with E-state index in [0.29, 0.717) is 49.0 Å². The molecule has 10 heteroatoms. The Bertz CT molecular complexity index is 1230. The number of benzene rings is 1. The van der Waals surface area contributed by atoms with Crippen LogP contribution in [-0.2, 0) is 13.1 Å². The normalized spacial score (nSPS) is 20.6. The summed E-state index contributed by atoms with van der Waals surface area (Å²) in [6.07, 6.45) is -0.682. The van der Waals surface area contributed by atoms with Gasteiger partial charge in [0.05, 0.1) is 40.8 Å². The Hall–Kier alpha value is -2.75. The van der Waals surface area contributed by atoms with Gasteiger partial charge < -0.3 is 20.1 Å². The van der Waals surface area contributed by atoms with Crippen LogP contribution in [0.3, 0.4) is 0 Å². The average Bonchev–Trinajstić information content (AvgIpc) is 3.33. The first-order valence-electron chi connectivity index (χ1n) is 10.5. The lowest BCUT2D eigenvalue weighted by molar-refractivity contribution is 0.0153. The zero-order valence-electron chi connectivity index (χ0n) is 17.7. The second-order valence-corrected chi connectivity index (χ2v) is 8.65. The van der Waals surface area contributed by atoms with Crippen LogP contribution in [-0.4, -0.2) is 55.8 Å². The number of aryl methyl sites for hydroxylation is 2. The van der Waals surface area contributed by atoms with Crippen LogP contribution in [0.2, 0.25) is 5.02 Å². The van der Waals surface area contributed by atoms with Gasteiger partial charge in [-0.05, 0) is 38.9 Å². The van der Waals surface area contributed by atoms with Gasteiger partial charge in [-0.2, -0.15) is 5.10 Å². The average molecular weight is 460 g/mol. The fourth-order valence-electron chi connectivity index (χ4n) is 4.32. The highest BCUT2D eigenvalue weighted by Crippen LogP contribution is 2.32. The number of amides is 1. The second kappa shape index (κ2) is 7.99. The van der Waals surface area contributed by atoms with Gasteiger partial charge in [0.15, 0.2) is 5.65 Å². The van der Waals surface area contributed by atoms with E-state index in [9.17, 15) is 14.3 Å². The third-order valence-corrected chi connectivity index (χ3v) is 6.63. The molecule has 1 fully saturated rings. The van der Waals surface area contributed by atoms with Crippen LogP contribution < -0.4 is 10.1 Å². The lowest BCUT2D eigenvalue weighted by Crippen LogP contribution is -2.46. The Morgan fingerprint density at radius 1 is 1.34 bits per heavy atom. The number of aliphatic hydroxyl groups excluding tert-OH is 1. The Balaban J connectivity index is 1.43. The predicted molar refractivity (Wildman–Crippen MR) is 115 cm³/mol. The summed E-state index contributed by atoms with van der Waals surface area (Å²) in [5, 5.41) is 18.4. The molecule has 2 aromatic heterocycles. The number of piperidine rings is 1. The number of aromatic nitrogens is 3. The molecule has 168 valence electrons. The van der Waals surface area contributed by atoms with Crippen LogP contribution in [0, 0.1) is 19.7 Å². The van der Waals surface area contributed by atoms with Crippen molar-refractivity contribution in [1.29, 1.82) is 0 Å². The number of carbonyl (C=O) groups is 1. The second-order valence-electron chi connectivity index (χ2n) is 8.28. The van der Waals surface area contributed by atoms with Gasteiger partial charge in [-0.15, -0.1) is 0 Å². The quantitative estimate of drug-likeness (QED) is 0.625. The largest absolute Gasteiger partial charge is 0.487 e. The standard InChI is InChI=1S/C22H23ClFN5O3/c1-11-20(23)12(2)29-21(26-11)15-9-28(10-16(15)27-29)22(31)14-4-3-13(24)7-19(14)32-18-5-6-25-8-17(18)30/h3-4,7,17-18,25,30H,5-6,8-10H2,1-2H3/t17?,18-/m1/s1. The van der Waals surface area contributed by atoms with Crippen LogP contribution in [0.25, 0.3) is 5.65 Å². The number of aliphatic hydroxyl groups is 1. The van der Waals surface area contributed by atoms with E-state index in [2.05, 4.69) is 15.4 Å². The Labute approximate surface area is 188 Å². The predicted octanol–water partition coefficient (Wildman–Crippen LogP) is 2.40. The molecule has 8 nitrogen and oxygen atoms in total. The number of hydrogen-bond acceptors (Lipinski definition) is 6. The molecular formula is C22H23ClFN5O3. The number of ether oxygens (including phenoxy) is 1. The van der Waals surface area contributed by atoms with Crippen molar-refractivity contribution in [2.24, 2.45) is 0 Å². The lowest BCUT2D eigenvalue weighted by atomic mass is 10.1. The van der Waals surface area contributed by atoms with Gasteiger partial charge in [-0.25, -0.2) is 13.9 Å². The topological polar surface area (TPSA) is 92.0 Å². The van der Waals surface area contributed by atoms with Gasteiger partial charge in [0.1, 0.15) is 23.8 Å². The Morgan fingerprint density at radius 2 is 2.16 bits per heavy atom. The maximum Gasteiger partial charge on any atom is 0.258 e. The van der Waals surface area contributed by atoms with Crippen LogP contribution in [0.1, 0.15) is 39.4 Å². The summed E-state index contributed by atoms with van der Waals surface area (Å²) in [7, 11) is 0. The number of nitrogens with zero attached hydrogens (tertiary/aromatic N) is 4. The molecule has 1 aromatic carbocycles. The van der Waals surface area contributed by atoms with E-state index in [1.54, 1.807) is 9.42 Å². The molecular weight excluding hydrogens is 437 g/mol. The minimum atomic E-state index is -0.732. The van der Waals surface area contributed by atoms with E-state index in [1.165, 1.54) is 18.2 Å². The van der Waals surface area contributed by atoms with Gasteiger partial charge in [0, 0.05) is 18.2 Å². The highest BCUT2D eigenvalue weighted by atomic mass is 35.5. The summed E-state index contributed by atoms with van der Waals surface area (Å²) in [4.78, 5) is 19.6. The Kier molecular flexibility index (Phi) is 5.27. The molecule has 1 unspecified atom stereocenters. The van der Waals surface area contributed by atoms with Crippen LogP contribution in [0.4, 0.5) is 4.39 Å². The summed E-state index contributed by atoms with van der Waals surface area (Å²) in [5.74, 6) is -0.660. The van der Waals surface area contributed by atoms with Gasteiger partial charge in [0.25, 0.3) is 5.91 Å². The zero-order chi connectivity index (χ0) is 22.6. The van der Waals surface area contributed by atoms with E-state index in [-0.39, 0.29) is 17.2 Å². The molecule has 2 atom stereocenters. The van der Waals surface area contributed by atoms with Crippen LogP contribution in [0.15, 0.2) is 18.2 Å². The number of fused-ring (bicyclic) bond motifs is 3. The molecule has 32 heavy (non-hydrogen) atoms. The van der Waals surface area contributed by atoms with Crippen molar-refractivity contribution in [2.75, 3.05) is 13.1 Å². The molecule has 1 amide bonds. The van der Waals surface area contributed by atoms with E-state index >= 15 is 0 Å². The molecule has 0 radical (unpaired) electrons. The number of carbonyl (C=O) groups excluding carboxylic acids is 1. The first-order valence-corrected chi connectivity index (χ1v) is 10.9. The van der Waals surface area contributed by atoms with E-state index in [0.717, 1.165) is 17.0 Å². The van der Waals surface area contributed by atoms with Crippen LogP contribution >= 0.6 is 11.6 Å². The number of hydrogen-bond donors (Lipinski definition) is 2. The maximum absolute atomic E-state index is 14.0. The van der Waals surface area contributed by atoms with Crippen molar-refractivity contribution in [3.63, 3.8) is 0 Å². The molecule has 1 saturated heterocycles. The minimum Gasteiger partial charge on any atom is -0.487 e. The van der Waals surface area contributed by atoms with Gasteiger partial charge >= 0.3 is 0 Å². The first kappa shape index (κ1) is 21.1. The molecule has 5 rings (SSSR count). The molecule has 2 aliphatic heterocycles. The van der Waals surface area contributed by atoms with E-state index < -0.39 is 18.0 Å². The molecule has 2 aliphatic rings. The van der Waals surface area contributed by atoms with Gasteiger partial charge in [-0.1, -0.05) is 11.6 Å². The summed E-state index contributed by atoms with van der Waals surface area (Å²) in [6.45, 7) is 5.42. The lowest BCUT2D eigenvalue weighted by Gasteiger charge is -2.30. The smallest absolute Gasteiger partial charge is 0.258 e. The molecule has 0 spiro atoms. The summed E-state index contributed by atoms with van der Waals surface area (Å²) in [6, 6.07) is 3.86. The van der Waals surface area contributed by atoms with Gasteiger partial charge in [0.2, 0.25) is 0 Å². The summed E-state index contributed by atoms with van der Waals surface area (Å²) < 4.78 is 21.6. The third-order valence-electron chi connectivity index (χ3n) is 6.08. The van der Waals surface area contributed by atoms with Crippen molar-refractivity contribution in [3.8, 4) is 5.75 Å². The van der Waals surface area contributed by atoms with E-state index in [1.807, 2.05) is 13.8 Å². The number of nitrogens with one attached hydrogen (secondary N) is 1. The highest BCUT2D eigenvalue weighted by molar-refractivity contribution is 6.31. The summed E-state index contributed by atoms with van der Waals surface area (Å²) in [5.41, 5.74) is 4.08. The molecule has 0 aliphatic carbocycles. The van der Waals surface area contributed by atoms with Crippen molar-refractivity contribution in [3.05, 3.63) is 57.2 Å². The minimum absolute atomic E-state index is 0.135. The third kappa shape index (κ3) is 3.50. The fourth-order valence-corrected chi connectivity index (χ4v) is 4.44. The zero-order valence-corrected chi connectivity index (χ0v) is 18.5. The fraction of sp³-hybridized carbons (Fsp3) is 0.409. The Morgan fingerprint density at radius 3 is 2.94 bits per heavy atom. The van der Waals surface area contributed by atoms with Crippen molar-refractivity contribution >= 4 is 23.2 Å². The van der Waals surface area contributed by atoms with E-state index in [4.69, 9.17) is 16.3 Å². The number of rotatable bonds is 3. The highest BCUT2D eigenvalue weighted by Gasteiger charge is 2.33.